The van der Waals surface area contributed by atoms with Gasteiger partial charge in [0.1, 0.15) is 22.8 Å². The van der Waals surface area contributed by atoms with Gasteiger partial charge in [-0.15, -0.1) is 0 Å². The molecule has 2 heterocycles. The Labute approximate surface area is 188 Å². The fraction of sp³-hybridized carbons (Fsp3) is 0.160. The number of esters is 2. The van der Waals surface area contributed by atoms with E-state index in [1.54, 1.807) is 37.3 Å². The van der Waals surface area contributed by atoms with Crippen LogP contribution in [0.25, 0.3) is 11.0 Å². The monoisotopic (exact) mass is 448 g/mol. The molecular formula is C25H20O8. The van der Waals surface area contributed by atoms with E-state index < -0.39 is 11.9 Å². The van der Waals surface area contributed by atoms with E-state index in [-0.39, 0.29) is 39.4 Å². The summed E-state index contributed by atoms with van der Waals surface area (Å²) >= 11 is 0. The van der Waals surface area contributed by atoms with Gasteiger partial charge in [-0.2, -0.15) is 0 Å². The Balaban J connectivity index is 1.56. The van der Waals surface area contributed by atoms with E-state index >= 15 is 0 Å². The highest BCUT2D eigenvalue weighted by atomic mass is 16.5. The number of furan rings is 1. The highest BCUT2D eigenvalue weighted by Crippen LogP contribution is 2.28. The average Bonchev–Trinajstić information content (AvgIpc) is 3.36. The van der Waals surface area contributed by atoms with Crippen LogP contribution in [0.2, 0.25) is 0 Å². The summed E-state index contributed by atoms with van der Waals surface area (Å²) < 4.78 is 26.9. The molecule has 0 unspecified atom stereocenters. The van der Waals surface area contributed by atoms with Crippen molar-refractivity contribution in [1.82, 2.24) is 0 Å². The number of benzene rings is 2. The summed E-state index contributed by atoms with van der Waals surface area (Å²) in [5.41, 5.74) is 0.238. The van der Waals surface area contributed by atoms with Crippen LogP contribution >= 0.6 is 0 Å². The van der Waals surface area contributed by atoms with Gasteiger partial charge in [0.2, 0.25) is 16.9 Å². The third-order valence-electron chi connectivity index (χ3n) is 4.67. The lowest BCUT2D eigenvalue weighted by atomic mass is 10.2. The van der Waals surface area contributed by atoms with Crippen molar-refractivity contribution in [2.45, 2.75) is 20.3 Å². The zero-order valence-corrected chi connectivity index (χ0v) is 18.0. The third-order valence-corrected chi connectivity index (χ3v) is 4.67. The standard InChI is InChI=1S/C25H20O8/c1-3-12-30-24(27)16-6-8-17(9-7-16)32-23-15(2)31-21-14-18(10-11-19(21)22(23)26)33-25(28)20-5-4-13-29-20/h4-11,13-14H,3,12H2,1-2H3. The number of hydrogen-bond acceptors (Lipinski definition) is 8. The van der Waals surface area contributed by atoms with Crippen LogP contribution in [-0.2, 0) is 4.74 Å². The highest BCUT2D eigenvalue weighted by molar-refractivity contribution is 5.90. The molecule has 0 spiro atoms. The second-order valence-corrected chi connectivity index (χ2v) is 7.10. The van der Waals surface area contributed by atoms with Gasteiger partial charge in [-0.1, -0.05) is 6.92 Å². The third kappa shape index (κ3) is 4.79. The van der Waals surface area contributed by atoms with Crippen LogP contribution in [0.4, 0.5) is 0 Å². The Bertz CT molecular complexity index is 1350. The zero-order chi connectivity index (χ0) is 23.4. The van der Waals surface area contributed by atoms with Gasteiger partial charge in [0, 0.05) is 6.07 Å². The predicted octanol–water partition coefficient (Wildman–Crippen LogP) is 5.27. The van der Waals surface area contributed by atoms with Gasteiger partial charge in [0.25, 0.3) is 0 Å². The van der Waals surface area contributed by atoms with Crippen LogP contribution in [0, 0.1) is 6.92 Å². The summed E-state index contributed by atoms with van der Waals surface area (Å²) in [6.45, 7) is 3.85. The topological polar surface area (TPSA) is 105 Å². The van der Waals surface area contributed by atoms with Crippen molar-refractivity contribution in [3.63, 3.8) is 0 Å². The highest BCUT2D eigenvalue weighted by Gasteiger charge is 2.17. The number of carbonyl (C=O) groups excluding carboxylic acids is 2. The van der Waals surface area contributed by atoms with E-state index in [4.69, 9.17) is 23.0 Å². The minimum Gasteiger partial charge on any atom is -0.462 e. The van der Waals surface area contributed by atoms with E-state index in [0.717, 1.165) is 6.42 Å². The Hall–Kier alpha value is -4.33. The molecule has 0 aliphatic heterocycles. The summed E-state index contributed by atoms with van der Waals surface area (Å²) in [5.74, 6) is -0.209. The summed E-state index contributed by atoms with van der Waals surface area (Å²) in [5, 5.41) is 0.258. The number of rotatable bonds is 7. The van der Waals surface area contributed by atoms with Crippen molar-refractivity contribution in [3.8, 4) is 17.2 Å². The van der Waals surface area contributed by atoms with Gasteiger partial charge in [-0.05, 0) is 61.9 Å². The number of aryl methyl sites for hydroxylation is 1. The van der Waals surface area contributed by atoms with Crippen molar-refractivity contribution in [2.24, 2.45) is 0 Å². The number of hydrogen-bond donors (Lipinski definition) is 0. The van der Waals surface area contributed by atoms with Gasteiger partial charge in [-0.3, -0.25) is 4.79 Å². The second kappa shape index (κ2) is 9.44. The van der Waals surface area contributed by atoms with Crippen LogP contribution in [0.1, 0.15) is 40.0 Å². The molecule has 2 aromatic carbocycles. The van der Waals surface area contributed by atoms with Crippen molar-refractivity contribution in [3.05, 3.63) is 88.2 Å². The average molecular weight is 448 g/mol. The fourth-order valence-electron chi connectivity index (χ4n) is 3.06. The molecule has 0 amide bonds. The maximum Gasteiger partial charge on any atom is 0.379 e. The smallest absolute Gasteiger partial charge is 0.379 e. The Morgan fingerprint density at radius 1 is 0.970 bits per heavy atom. The van der Waals surface area contributed by atoms with Gasteiger partial charge < -0.3 is 23.0 Å². The summed E-state index contributed by atoms with van der Waals surface area (Å²) in [6, 6.07) is 13.7. The Morgan fingerprint density at radius 2 is 1.73 bits per heavy atom. The second-order valence-electron chi connectivity index (χ2n) is 7.10. The quantitative estimate of drug-likeness (QED) is 0.278. The lowest BCUT2D eigenvalue weighted by molar-refractivity contribution is 0.0504. The van der Waals surface area contributed by atoms with Crippen LogP contribution in [0.3, 0.4) is 0 Å². The van der Waals surface area contributed by atoms with E-state index in [0.29, 0.717) is 17.9 Å². The molecule has 0 aliphatic rings. The Kier molecular flexibility index (Phi) is 6.26. The molecule has 2 aromatic heterocycles. The molecule has 0 atom stereocenters. The zero-order valence-electron chi connectivity index (χ0n) is 18.0. The van der Waals surface area contributed by atoms with Crippen LogP contribution in [0.15, 0.2) is 74.5 Å². The largest absolute Gasteiger partial charge is 0.462 e. The number of ether oxygens (including phenoxy) is 3. The molecule has 8 nitrogen and oxygen atoms in total. The van der Waals surface area contributed by atoms with Crippen molar-refractivity contribution in [1.29, 1.82) is 0 Å². The molecule has 0 radical (unpaired) electrons. The summed E-state index contributed by atoms with van der Waals surface area (Å²) in [7, 11) is 0. The molecule has 0 aliphatic carbocycles. The molecule has 0 saturated heterocycles. The molecule has 8 heteroatoms. The molecule has 168 valence electrons. The van der Waals surface area contributed by atoms with Gasteiger partial charge in [0.05, 0.1) is 23.8 Å². The number of fused-ring (bicyclic) bond motifs is 1. The summed E-state index contributed by atoms with van der Waals surface area (Å²) in [6.07, 6.45) is 2.10. The van der Waals surface area contributed by atoms with E-state index in [1.165, 1.54) is 30.5 Å². The van der Waals surface area contributed by atoms with Crippen LogP contribution < -0.4 is 14.9 Å². The van der Waals surface area contributed by atoms with Gasteiger partial charge in [0.15, 0.2) is 0 Å². The normalized spacial score (nSPS) is 10.7. The van der Waals surface area contributed by atoms with Gasteiger partial charge in [-0.25, -0.2) is 9.59 Å². The number of carbonyl (C=O) groups is 2. The van der Waals surface area contributed by atoms with E-state index in [9.17, 15) is 14.4 Å². The first-order valence-electron chi connectivity index (χ1n) is 10.2. The molecule has 4 aromatic rings. The molecule has 33 heavy (non-hydrogen) atoms. The molecule has 4 rings (SSSR count). The first-order valence-corrected chi connectivity index (χ1v) is 10.2. The molecule has 0 N–H and O–H groups in total. The molecule has 0 bridgehead atoms. The minimum absolute atomic E-state index is 0.0177. The minimum atomic E-state index is -0.666. The lowest BCUT2D eigenvalue weighted by Gasteiger charge is -2.10. The van der Waals surface area contributed by atoms with Crippen molar-refractivity contribution >= 4 is 22.9 Å². The molecular weight excluding hydrogens is 428 g/mol. The molecule has 0 saturated carbocycles. The molecule has 0 fully saturated rings. The first-order chi connectivity index (χ1) is 16.0. The maximum absolute atomic E-state index is 13.0. The van der Waals surface area contributed by atoms with Crippen LogP contribution in [-0.4, -0.2) is 18.5 Å². The summed E-state index contributed by atoms with van der Waals surface area (Å²) in [4.78, 5) is 37.0. The van der Waals surface area contributed by atoms with Gasteiger partial charge >= 0.3 is 11.9 Å². The SMILES string of the molecule is CCCOC(=O)c1ccc(Oc2c(C)oc3cc(OC(=O)c4ccco4)ccc3c2=O)cc1. The lowest BCUT2D eigenvalue weighted by Crippen LogP contribution is -2.09. The van der Waals surface area contributed by atoms with Crippen LogP contribution in [0.5, 0.6) is 17.2 Å². The van der Waals surface area contributed by atoms with E-state index in [1.807, 2.05) is 6.92 Å². The first kappa shape index (κ1) is 21.9. The van der Waals surface area contributed by atoms with E-state index in [2.05, 4.69) is 0 Å². The fourth-order valence-corrected chi connectivity index (χ4v) is 3.06. The maximum atomic E-state index is 13.0. The Morgan fingerprint density at radius 3 is 2.42 bits per heavy atom. The van der Waals surface area contributed by atoms with Crippen molar-refractivity contribution < 1.29 is 32.6 Å². The van der Waals surface area contributed by atoms with Crippen molar-refractivity contribution in [2.75, 3.05) is 6.61 Å². The predicted molar refractivity (Wildman–Crippen MR) is 118 cm³/mol.